The topological polar surface area (TPSA) is 42.0 Å². The first kappa shape index (κ1) is 15.5. The van der Waals surface area contributed by atoms with Crippen LogP contribution in [0.25, 0.3) is 10.9 Å². The van der Waals surface area contributed by atoms with Crippen molar-refractivity contribution in [3.8, 4) is 0 Å². The zero-order valence-electron chi connectivity index (χ0n) is 13.3. The Kier molecular flexibility index (Phi) is 4.94. The van der Waals surface area contributed by atoms with Gasteiger partial charge in [0, 0.05) is 11.9 Å². The number of para-hydroxylation sites is 1. The highest BCUT2D eigenvalue weighted by atomic mass is 16.1. The molecule has 0 radical (unpaired) electrons. The van der Waals surface area contributed by atoms with E-state index < -0.39 is 0 Å². The van der Waals surface area contributed by atoms with Crippen LogP contribution in [0, 0.1) is 17.8 Å². The van der Waals surface area contributed by atoms with Crippen LogP contribution in [0.2, 0.25) is 0 Å². The first-order valence-corrected chi connectivity index (χ1v) is 7.63. The number of carbonyl (C=O) groups is 1. The zero-order valence-corrected chi connectivity index (χ0v) is 13.3. The molecule has 21 heavy (non-hydrogen) atoms. The molecule has 1 aromatic carbocycles. The third-order valence-electron chi connectivity index (χ3n) is 4.04. The largest absolute Gasteiger partial charge is 0.350 e. The Morgan fingerprint density at radius 3 is 2.38 bits per heavy atom. The molecule has 0 spiro atoms. The molecule has 3 heteroatoms. The minimum atomic E-state index is -0.0907. The Morgan fingerprint density at radius 2 is 1.71 bits per heavy atom. The summed E-state index contributed by atoms with van der Waals surface area (Å²) in [5.41, 5.74) is 1.34. The van der Waals surface area contributed by atoms with Crippen LogP contribution in [0.1, 0.15) is 38.2 Å². The van der Waals surface area contributed by atoms with Crippen LogP contribution < -0.4 is 5.32 Å². The van der Waals surface area contributed by atoms with Gasteiger partial charge in [0.2, 0.25) is 0 Å². The average molecular weight is 284 g/mol. The van der Waals surface area contributed by atoms with Crippen molar-refractivity contribution >= 4 is 16.8 Å². The van der Waals surface area contributed by atoms with Crippen LogP contribution in [0.5, 0.6) is 0 Å². The standard InChI is InChI=1S/C18H24N2O/c1-12(2)15(13(3)4)11-19-18(21)17-10-9-14-7-5-6-8-16(14)20-17/h5-10,12-13,15H,11H2,1-4H3,(H,19,21). The lowest BCUT2D eigenvalue weighted by Crippen LogP contribution is -2.34. The first-order chi connectivity index (χ1) is 9.99. The molecule has 1 aromatic heterocycles. The van der Waals surface area contributed by atoms with Gasteiger partial charge in [-0.1, -0.05) is 52.0 Å². The number of hydrogen-bond acceptors (Lipinski definition) is 2. The van der Waals surface area contributed by atoms with Crippen LogP contribution in [0.3, 0.4) is 0 Å². The second-order valence-electron chi connectivity index (χ2n) is 6.25. The van der Waals surface area contributed by atoms with Crippen molar-refractivity contribution in [1.29, 1.82) is 0 Å². The van der Waals surface area contributed by atoms with Gasteiger partial charge >= 0.3 is 0 Å². The second-order valence-corrected chi connectivity index (χ2v) is 6.25. The van der Waals surface area contributed by atoms with Crippen molar-refractivity contribution in [3.05, 3.63) is 42.1 Å². The summed E-state index contributed by atoms with van der Waals surface area (Å²) >= 11 is 0. The predicted molar refractivity (Wildman–Crippen MR) is 87.2 cm³/mol. The van der Waals surface area contributed by atoms with Crippen molar-refractivity contribution in [3.63, 3.8) is 0 Å². The lowest BCUT2D eigenvalue weighted by atomic mass is 9.85. The molecule has 3 nitrogen and oxygen atoms in total. The van der Waals surface area contributed by atoms with E-state index >= 15 is 0 Å². The van der Waals surface area contributed by atoms with Gasteiger partial charge < -0.3 is 5.32 Å². The lowest BCUT2D eigenvalue weighted by molar-refractivity contribution is 0.0932. The molecule has 112 valence electrons. The van der Waals surface area contributed by atoms with Gasteiger partial charge in [-0.15, -0.1) is 0 Å². The highest BCUT2D eigenvalue weighted by Gasteiger charge is 2.19. The van der Waals surface area contributed by atoms with E-state index in [0.29, 0.717) is 30.0 Å². The molecule has 2 aromatic rings. The maximum Gasteiger partial charge on any atom is 0.269 e. The van der Waals surface area contributed by atoms with Crippen LogP contribution in [0.4, 0.5) is 0 Å². The first-order valence-electron chi connectivity index (χ1n) is 7.63. The molecule has 0 fully saturated rings. The Morgan fingerprint density at radius 1 is 1.05 bits per heavy atom. The average Bonchev–Trinajstić information content (AvgIpc) is 2.46. The lowest BCUT2D eigenvalue weighted by Gasteiger charge is -2.24. The minimum absolute atomic E-state index is 0.0907. The van der Waals surface area contributed by atoms with Crippen molar-refractivity contribution < 1.29 is 4.79 Å². The summed E-state index contributed by atoms with van der Waals surface area (Å²) < 4.78 is 0. The Bertz CT molecular complexity index is 611. The molecule has 0 bridgehead atoms. The molecule has 0 saturated carbocycles. The van der Waals surface area contributed by atoms with Crippen LogP contribution >= 0.6 is 0 Å². The Balaban J connectivity index is 2.08. The molecule has 2 rings (SSSR count). The molecule has 0 aliphatic heterocycles. The number of benzene rings is 1. The van der Waals surface area contributed by atoms with E-state index in [1.54, 1.807) is 6.07 Å². The third kappa shape index (κ3) is 3.81. The van der Waals surface area contributed by atoms with Gasteiger partial charge in [0.05, 0.1) is 5.52 Å². The van der Waals surface area contributed by atoms with Gasteiger partial charge in [0.25, 0.3) is 5.91 Å². The van der Waals surface area contributed by atoms with Crippen molar-refractivity contribution in [2.45, 2.75) is 27.7 Å². The number of aromatic nitrogens is 1. The van der Waals surface area contributed by atoms with Crippen molar-refractivity contribution in [2.75, 3.05) is 6.54 Å². The summed E-state index contributed by atoms with van der Waals surface area (Å²) in [6.45, 7) is 9.50. The SMILES string of the molecule is CC(C)C(CNC(=O)c1ccc2ccccc2n1)C(C)C. The Labute approximate surface area is 126 Å². The molecule has 0 atom stereocenters. The number of amides is 1. The van der Waals surface area contributed by atoms with Gasteiger partial charge in [-0.05, 0) is 29.9 Å². The zero-order chi connectivity index (χ0) is 15.4. The summed E-state index contributed by atoms with van der Waals surface area (Å²) in [5.74, 6) is 1.49. The molecule has 0 saturated heterocycles. The number of pyridine rings is 1. The molecular weight excluding hydrogens is 260 g/mol. The number of nitrogens with one attached hydrogen (secondary N) is 1. The maximum absolute atomic E-state index is 12.3. The molecule has 0 aliphatic rings. The van der Waals surface area contributed by atoms with E-state index in [1.807, 2.05) is 30.3 Å². The van der Waals surface area contributed by atoms with Gasteiger partial charge in [0.1, 0.15) is 5.69 Å². The van der Waals surface area contributed by atoms with Gasteiger partial charge in [0.15, 0.2) is 0 Å². The fraction of sp³-hybridized carbons (Fsp3) is 0.444. The van der Waals surface area contributed by atoms with Crippen LogP contribution in [-0.2, 0) is 0 Å². The fourth-order valence-electron chi connectivity index (χ4n) is 2.73. The molecule has 1 heterocycles. The third-order valence-corrected chi connectivity index (χ3v) is 4.04. The highest BCUT2D eigenvalue weighted by molar-refractivity contribution is 5.94. The van der Waals surface area contributed by atoms with Gasteiger partial charge in [-0.3, -0.25) is 4.79 Å². The van der Waals surface area contributed by atoms with Crippen molar-refractivity contribution in [2.24, 2.45) is 17.8 Å². The summed E-state index contributed by atoms with van der Waals surface area (Å²) in [7, 11) is 0. The fourth-order valence-corrected chi connectivity index (χ4v) is 2.73. The quantitative estimate of drug-likeness (QED) is 0.905. The normalized spacial score (nSPS) is 11.6. The van der Waals surface area contributed by atoms with Crippen LogP contribution in [0.15, 0.2) is 36.4 Å². The summed E-state index contributed by atoms with van der Waals surface area (Å²) in [6.07, 6.45) is 0. The predicted octanol–water partition coefficient (Wildman–Crippen LogP) is 3.89. The van der Waals surface area contributed by atoms with Gasteiger partial charge in [-0.2, -0.15) is 0 Å². The van der Waals surface area contributed by atoms with Crippen LogP contribution in [-0.4, -0.2) is 17.4 Å². The molecule has 0 unspecified atom stereocenters. The second kappa shape index (κ2) is 6.70. The van der Waals surface area contributed by atoms with E-state index in [4.69, 9.17) is 0 Å². The van der Waals surface area contributed by atoms with Crippen molar-refractivity contribution in [1.82, 2.24) is 10.3 Å². The van der Waals surface area contributed by atoms with E-state index in [9.17, 15) is 4.79 Å². The summed E-state index contributed by atoms with van der Waals surface area (Å²) in [6, 6.07) is 11.6. The number of rotatable bonds is 5. The number of carbonyl (C=O) groups excluding carboxylic acids is 1. The number of hydrogen-bond donors (Lipinski definition) is 1. The number of nitrogens with zero attached hydrogens (tertiary/aromatic N) is 1. The maximum atomic E-state index is 12.3. The molecule has 0 aliphatic carbocycles. The number of fused-ring (bicyclic) bond motifs is 1. The van der Waals surface area contributed by atoms with Gasteiger partial charge in [-0.25, -0.2) is 4.98 Å². The summed E-state index contributed by atoms with van der Waals surface area (Å²) in [5, 5.41) is 4.08. The summed E-state index contributed by atoms with van der Waals surface area (Å²) in [4.78, 5) is 16.7. The highest BCUT2D eigenvalue weighted by Crippen LogP contribution is 2.19. The smallest absolute Gasteiger partial charge is 0.269 e. The molecule has 1 N–H and O–H groups in total. The van der Waals surface area contributed by atoms with E-state index in [1.165, 1.54) is 0 Å². The van der Waals surface area contributed by atoms with E-state index in [2.05, 4.69) is 38.0 Å². The molecule has 1 amide bonds. The monoisotopic (exact) mass is 284 g/mol. The van der Waals surface area contributed by atoms with E-state index in [0.717, 1.165) is 10.9 Å². The minimum Gasteiger partial charge on any atom is -0.350 e. The molecular formula is C18H24N2O. The van der Waals surface area contributed by atoms with E-state index in [-0.39, 0.29) is 5.91 Å². The Hall–Kier alpha value is -1.90.